The molecule has 1 N–H and O–H groups in total. The standard InChI is InChI=1S/C25H24ClN5O3/c1-13-8-21-19(27-24(32)23-29-28-22(31(21)23)14-4-3-5-14)10-17(13)25(33)30-11-15(12-34-2)18-9-16(26)6-7-20(18)30/h6-10,14-15H,3-5,11-12H2,1-2H3,(H,27,32). The number of ether oxygens (including phenoxy) is 1. The van der Waals surface area contributed by atoms with Crippen LogP contribution in [0.15, 0.2) is 35.1 Å². The summed E-state index contributed by atoms with van der Waals surface area (Å²) in [5.41, 5.74) is 4.59. The zero-order valence-electron chi connectivity index (χ0n) is 19.0. The van der Waals surface area contributed by atoms with E-state index in [4.69, 9.17) is 16.3 Å². The summed E-state index contributed by atoms with van der Waals surface area (Å²) in [7, 11) is 1.65. The van der Waals surface area contributed by atoms with Gasteiger partial charge in [-0.25, -0.2) is 0 Å². The lowest BCUT2D eigenvalue weighted by Crippen LogP contribution is -2.31. The molecule has 1 aliphatic heterocycles. The van der Waals surface area contributed by atoms with Gasteiger partial charge < -0.3 is 14.6 Å². The maximum absolute atomic E-state index is 13.8. The van der Waals surface area contributed by atoms with Crippen molar-refractivity contribution in [3.05, 3.63) is 68.2 Å². The molecule has 1 unspecified atom stereocenters. The van der Waals surface area contributed by atoms with Gasteiger partial charge in [0.15, 0.2) is 0 Å². The third kappa shape index (κ3) is 3.16. The number of rotatable bonds is 4. The van der Waals surface area contributed by atoms with E-state index < -0.39 is 0 Å². The second-order valence-corrected chi connectivity index (χ2v) is 9.69. The first kappa shape index (κ1) is 21.3. The minimum absolute atomic E-state index is 0.0462. The fourth-order valence-electron chi connectivity index (χ4n) is 5.19. The van der Waals surface area contributed by atoms with Crippen LogP contribution in [0.3, 0.4) is 0 Å². The molecule has 0 radical (unpaired) electrons. The Balaban J connectivity index is 1.47. The molecule has 1 fully saturated rings. The molecule has 4 aromatic rings. The molecule has 3 heterocycles. The number of carbonyl (C=O) groups excluding carboxylic acids is 1. The molecule has 1 saturated carbocycles. The summed E-state index contributed by atoms with van der Waals surface area (Å²) in [5, 5.41) is 9.12. The minimum atomic E-state index is -0.311. The molecule has 2 aromatic carbocycles. The number of halogens is 1. The van der Waals surface area contributed by atoms with Gasteiger partial charge in [0.1, 0.15) is 5.82 Å². The van der Waals surface area contributed by atoms with E-state index in [1.54, 1.807) is 24.1 Å². The van der Waals surface area contributed by atoms with Gasteiger partial charge in [-0.05, 0) is 61.2 Å². The molecule has 0 saturated heterocycles. The first-order valence-electron chi connectivity index (χ1n) is 11.5. The first-order valence-corrected chi connectivity index (χ1v) is 11.9. The smallest absolute Gasteiger partial charge is 0.294 e. The molecular weight excluding hydrogens is 454 g/mol. The van der Waals surface area contributed by atoms with Crippen molar-refractivity contribution < 1.29 is 9.53 Å². The maximum Gasteiger partial charge on any atom is 0.294 e. The van der Waals surface area contributed by atoms with Gasteiger partial charge in [-0.1, -0.05) is 18.0 Å². The number of aromatic amines is 1. The van der Waals surface area contributed by atoms with Crippen LogP contribution in [0.4, 0.5) is 5.69 Å². The summed E-state index contributed by atoms with van der Waals surface area (Å²) in [5.74, 6) is 1.06. The molecule has 1 amide bonds. The predicted octanol–water partition coefficient (Wildman–Crippen LogP) is 4.19. The van der Waals surface area contributed by atoms with Gasteiger partial charge in [-0.3, -0.25) is 14.0 Å². The SMILES string of the molecule is COCC1CN(C(=O)c2cc3[nH]c(=O)c4nnc(C5CCC5)n4c3cc2C)c2ccc(Cl)cc21. The zero-order valence-corrected chi connectivity index (χ0v) is 19.7. The van der Waals surface area contributed by atoms with Gasteiger partial charge in [-0.15, -0.1) is 10.2 Å². The van der Waals surface area contributed by atoms with E-state index in [1.807, 2.05) is 29.5 Å². The van der Waals surface area contributed by atoms with Crippen LogP contribution in [0, 0.1) is 6.92 Å². The summed E-state index contributed by atoms with van der Waals surface area (Å²) >= 11 is 6.24. The Morgan fingerprint density at radius 2 is 2.06 bits per heavy atom. The number of nitrogens with one attached hydrogen (secondary N) is 1. The molecule has 174 valence electrons. The Morgan fingerprint density at radius 1 is 1.24 bits per heavy atom. The Morgan fingerprint density at radius 3 is 2.79 bits per heavy atom. The van der Waals surface area contributed by atoms with Crippen LogP contribution in [0.25, 0.3) is 16.7 Å². The van der Waals surface area contributed by atoms with Crippen molar-refractivity contribution in [1.29, 1.82) is 0 Å². The number of hydrogen-bond acceptors (Lipinski definition) is 5. The number of aryl methyl sites for hydroxylation is 1. The molecule has 1 atom stereocenters. The number of methoxy groups -OCH3 is 1. The number of nitrogens with zero attached hydrogens (tertiary/aromatic N) is 4. The van der Waals surface area contributed by atoms with Crippen LogP contribution in [0.2, 0.25) is 5.02 Å². The number of fused-ring (bicyclic) bond motifs is 4. The van der Waals surface area contributed by atoms with Crippen molar-refractivity contribution in [3.8, 4) is 0 Å². The summed E-state index contributed by atoms with van der Waals surface area (Å²) in [6, 6.07) is 9.31. The summed E-state index contributed by atoms with van der Waals surface area (Å²) in [6.07, 6.45) is 3.25. The van der Waals surface area contributed by atoms with Gasteiger partial charge in [0.2, 0.25) is 5.65 Å². The highest BCUT2D eigenvalue weighted by Gasteiger charge is 2.34. The van der Waals surface area contributed by atoms with E-state index in [0.717, 1.165) is 47.4 Å². The lowest BCUT2D eigenvalue weighted by Gasteiger charge is -2.24. The number of anilines is 1. The molecular formula is C25H24ClN5O3. The average molecular weight is 478 g/mol. The number of carbonyl (C=O) groups is 1. The highest BCUT2D eigenvalue weighted by molar-refractivity contribution is 6.30. The van der Waals surface area contributed by atoms with Crippen LogP contribution >= 0.6 is 11.6 Å². The Kier molecular flexibility index (Phi) is 4.97. The van der Waals surface area contributed by atoms with Crippen molar-refractivity contribution in [3.63, 3.8) is 0 Å². The number of benzene rings is 2. The lowest BCUT2D eigenvalue weighted by atomic mass is 9.85. The van der Waals surface area contributed by atoms with E-state index in [9.17, 15) is 9.59 Å². The van der Waals surface area contributed by atoms with E-state index >= 15 is 0 Å². The fraction of sp³-hybridized carbons (Fsp3) is 0.360. The average Bonchev–Trinajstić information content (AvgIpc) is 3.36. The summed E-state index contributed by atoms with van der Waals surface area (Å²) in [6.45, 7) is 2.92. The Labute approximate surface area is 200 Å². The van der Waals surface area contributed by atoms with Crippen LogP contribution < -0.4 is 10.5 Å². The highest BCUT2D eigenvalue weighted by atomic mass is 35.5. The number of aromatic nitrogens is 4. The maximum atomic E-state index is 13.8. The predicted molar refractivity (Wildman–Crippen MR) is 130 cm³/mol. The monoisotopic (exact) mass is 477 g/mol. The van der Waals surface area contributed by atoms with Crippen LogP contribution in [-0.2, 0) is 4.74 Å². The minimum Gasteiger partial charge on any atom is -0.384 e. The molecule has 0 spiro atoms. The normalized spacial score (nSPS) is 18.0. The molecule has 1 aliphatic carbocycles. The molecule has 9 heteroatoms. The zero-order chi connectivity index (χ0) is 23.6. The second kappa shape index (κ2) is 7.92. The van der Waals surface area contributed by atoms with Crippen LogP contribution in [0.1, 0.15) is 58.4 Å². The Bertz CT molecular complexity index is 1520. The van der Waals surface area contributed by atoms with Gasteiger partial charge in [0.05, 0.1) is 17.6 Å². The second-order valence-electron chi connectivity index (χ2n) is 9.25. The van der Waals surface area contributed by atoms with Gasteiger partial charge in [0.25, 0.3) is 11.5 Å². The van der Waals surface area contributed by atoms with E-state index in [0.29, 0.717) is 40.8 Å². The molecule has 8 nitrogen and oxygen atoms in total. The van der Waals surface area contributed by atoms with Crippen molar-refractivity contribution in [2.75, 3.05) is 25.2 Å². The molecule has 0 bridgehead atoms. The molecule has 2 aromatic heterocycles. The quantitative estimate of drug-likeness (QED) is 0.475. The van der Waals surface area contributed by atoms with Gasteiger partial charge >= 0.3 is 0 Å². The highest BCUT2D eigenvalue weighted by Crippen LogP contribution is 2.40. The Hall–Kier alpha value is -3.23. The largest absolute Gasteiger partial charge is 0.384 e. The molecule has 2 aliphatic rings. The van der Waals surface area contributed by atoms with E-state index in [1.165, 1.54) is 0 Å². The number of H-pyrrole nitrogens is 1. The molecule has 6 rings (SSSR count). The van der Waals surface area contributed by atoms with Gasteiger partial charge in [-0.2, -0.15) is 0 Å². The van der Waals surface area contributed by atoms with Crippen molar-refractivity contribution >= 4 is 39.9 Å². The van der Waals surface area contributed by atoms with Crippen molar-refractivity contribution in [2.45, 2.75) is 38.0 Å². The number of amides is 1. The summed E-state index contributed by atoms with van der Waals surface area (Å²) < 4.78 is 7.26. The number of hydrogen-bond donors (Lipinski definition) is 1. The fourth-order valence-corrected chi connectivity index (χ4v) is 5.38. The third-order valence-corrected chi connectivity index (χ3v) is 7.39. The van der Waals surface area contributed by atoms with Crippen molar-refractivity contribution in [2.24, 2.45) is 0 Å². The first-order chi connectivity index (χ1) is 16.5. The van der Waals surface area contributed by atoms with Gasteiger partial charge in [0, 0.05) is 41.8 Å². The van der Waals surface area contributed by atoms with Crippen LogP contribution in [0.5, 0.6) is 0 Å². The topological polar surface area (TPSA) is 92.6 Å². The van der Waals surface area contributed by atoms with E-state index in [-0.39, 0.29) is 17.4 Å². The van der Waals surface area contributed by atoms with Crippen LogP contribution in [-0.4, -0.2) is 45.8 Å². The molecule has 34 heavy (non-hydrogen) atoms. The summed E-state index contributed by atoms with van der Waals surface area (Å²) in [4.78, 5) is 31.2. The van der Waals surface area contributed by atoms with Crippen molar-refractivity contribution in [1.82, 2.24) is 19.6 Å². The third-order valence-electron chi connectivity index (χ3n) is 7.16. The van der Waals surface area contributed by atoms with E-state index in [2.05, 4.69) is 15.2 Å². The lowest BCUT2D eigenvalue weighted by molar-refractivity contribution is 0.0984.